The Morgan fingerprint density at radius 2 is 2.18 bits per heavy atom. The Morgan fingerprint density at radius 3 is 2.73 bits per heavy atom. The molecule has 0 aromatic carbocycles. The van der Waals surface area contributed by atoms with E-state index >= 15 is 0 Å². The second-order valence-electron chi connectivity index (χ2n) is 3.92. The molecule has 0 aromatic heterocycles. The highest BCUT2D eigenvalue weighted by Crippen LogP contribution is 2.32. The van der Waals surface area contributed by atoms with Gasteiger partial charge in [-0.2, -0.15) is 0 Å². The Kier molecular flexibility index (Phi) is 2.14. The summed E-state index contributed by atoms with van der Waals surface area (Å²) in [6.45, 7) is 7.44. The predicted molar refractivity (Wildman–Crippen MR) is 46.6 cm³/mol. The Labute approximate surface area is 69.0 Å². The molecule has 2 heteroatoms. The lowest BCUT2D eigenvalue weighted by atomic mass is 10.2. The largest absolute Gasteiger partial charge is 0.313 e. The molecule has 1 saturated carbocycles. The summed E-state index contributed by atoms with van der Waals surface area (Å²) in [5.74, 6) is 1.00. The predicted octanol–water partition coefficient (Wildman–Crippen LogP) is 0.690. The molecule has 0 radical (unpaired) electrons. The zero-order valence-corrected chi connectivity index (χ0v) is 7.34. The van der Waals surface area contributed by atoms with Crippen LogP contribution in [0.5, 0.6) is 0 Å². The smallest absolute Gasteiger partial charge is 0.0110 e. The highest BCUT2D eigenvalue weighted by atomic mass is 15.3. The van der Waals surface area contributed by atoms with Crippen LogP contribution in [0.3, 0.4) is 0 Å². The number of hydrogen-bond donors (Lipinski definition) is 1. The molecular formula is C9H18N2. The van der Waals surface area contributed by atoms with E-state index in [9.17, 15) is 0 Å². The summed E-state index contributed by atoms with van der Waals surface area (Å²) in [6, 6.07) is 0.773. The third kappa shape index (κ3) is 2.46. The summed E-state index contributed by atoms with van der Waals surface area (Å²) in [5.41, 5.74) is 0. The normalized spacial score (nSPS) is 27.0. The minimum atomic E-state index is 0.773. The van der Waals surface area contributed by atoms with Crippen LogP contribution in [-0.4, -0.2) is 37.1 Å². The second-order valence-corrected chi connectivity index (χ2v) is 3.92. The van der Waals surface area contributed by atoms with Crippen molar-refractivity contribution in [3.63, 3.8) is 0 Å². The van der Waals surface area contributed by atoms with Crippen LogP contribution in [0.2, 0.25) is 0 Å². The Hall–Kier alpha value is -0.0800. The van der Waals surface area contributed by atoms with Crippen LogP contribution in [0.1, 0.15) is 19.8 Å². The molecule has 2 aliphatic rings. The first kappa shape index (κ1) is 7.56. The summed E-state index contributed by atoms with van der Waals surface area (Å²) < 4.78 is 0. The van der Waals surface area contributed by atoms with Gasteiger partial charge in [0.2, 0.25) is 0 Å². The molecule has 1 aliphatic carbocycles. The first-order chi connectivity index (χ1) is 5.36. The third-order valence-corrected chi connectivity index (χ3v) is 2.76. The fraction of sp³-hybridized carbons (Fsp3) is 1.00. The first-order valence-corrected chi connectivity index (χ1v) is 4.82. The van der Waals surface area contributed by atoms with Crippen molar-refractivity contribution in [1.29, 1.82) is 0 Å². The van der Waals surface area contributed by atoms with E-state index in [1.165, 1.54) is 39.0 Å². The average molecular weight is 154 g/mol. The Morgan fingerprint density at radius 1 is 1.45 bits per heavy atom. The SMILES string of the molecule is C[C@@H](NCCN1CC1)C1CC1. The molecule has 2 nitrogen and oxygen atoms in total. The second kappa shape index (κ2) is 3.11. The van der Waals surface area contributed by atoms with Crippen LogP contribution in [0.4, 0.5) is 0 Å². The van der Waals surface area contributed by atoms with Gasteiger partial charge in [0.05, 0.1) is 0 Å². The van der Waals surface area contributed by atoms with E-state index < -0.39 is 0 Å². The van der Waals surface area contributed by atoms with Gasteiger partial charge in [-0.3, -0.25) is 4.90 Å². The van der Waals surface area contributed by atoms with Gasteiger partial charge in [0.25, 0.3) is 0 Å². The van der Waals surface area contributed by atoms with Crippen molar-refractivity contribution in [3.8, 4) is 0 Å². The summed E-state index contributed by atoms with van der Waals surface area (Å²) in [4.78, 5) is 2.46. The third-order valence-electron chi connectivity index (χ3n) is 2.76. The maximum atomic E-state index is 3.57. The van der Waals surface area contributed by atoms with Crippen LogP contribution in [0, 0.1) is 5.92 Å². The average Bonchev–Trinajstić information content (AvgIpc) is 2.85. The molecule has 0 spiro atoms. The van der Waals surface area contributed by atoms with Crippen LogP contribution in [0.25, 0.3) is 0 Å². The van der Waals surface area contributed by atoms with E-state index in [1.54, 1.807) is 0 Å². The highest BCUT2D eigenvalue weighted by molar-refractivity contribution is 4.83. The fourth-order valence-corrected chi connectivity index (χ4v) is 1.51. The van der Waals surface area contributed by atoms with Gasteiger partial charge in [-0.05, 0) is 25.7 Å². The van der Waals surface area contributed by atoms with E-state index in [1.807, 2.05) is 0 Å². The molecule has 64 valence electrons. The zero-order valence-electron chi connectivity index (χ0n) is 7.34. The topological polar surface area (TPSA) is 15.0 Å². The summed E-state index contributed by atoms with van der Waals surface area (Å²) in [5, 5.41) is 3.57. The van der Waals surface area contributed by atoms with Crippen molar-refractivity contribution in [2.24, 2.45) is 5.92 Å². The van der Waals surface area contributed by atoms with Crippen LogP contribution in [-0.2, 0) is 0 Å². The highest BCUT2D eigenvalue weighted by Gasteiger charge is 2.27. The standard InChI is InChI=1S/C9H18N2/c1-8(9-2-3-9)10-4-5-11-6-7-11/h8-10H,2-7H2,1H3/t8-/m1/s1. The van der Waals surface area contributed by atoms with Gasteiger partial charge in [0, 0.05) is 32.2 Å². The van der Waals surface area contributed by atoms with E-state index in [0.29, 0.717) is 0 Å². The summed E-state index contributed by atoms with van der Waals surface area (Å²) in [7, 11) is 0. The molecule has 2 rings (SSSR count). The van der Waals surface area contributed by atoms with E-state index in [4.69, 9.17) is 0 Å². The molecule has 0 unspecified atom stereocenters. The van der Waals surface area contributed by atoms with Gasteiger partial charge in [-0.25, -0.2) is 0 Å². The van der Waals surface area contributed by atoms with Crippen LogP contribution < -0.4 is 5.32 Å². The zero-order chi connectivity index (χ0) is 7.68. The van der Waals surface area contributed by atoms with Crippen LogP contribution in [0.15, 0.2) is 0 Å². The molecule has 0 aromatic rings. The fourth-order valence-electron chi connectivity index (χ4n) is 1.51. The van der Waals surface area contributed by atoms with Crippen LogP contribution >= 0.6 is 0 Å². The summed E-state index contributed by atoms with van der Waals surface area (Å²) >= 11 is 0. The molecule has 1 heterocycles. The Bertz CT molecular complexity index is 128. The number of hydrogen-bond acceptors (Lipinski definition) is 2. The van der Waals surface area contributed by atoms with Gasteiger partial charge in [0.15, 0.2) is 0 Å². The lowest BCUT2D eigenvalue weighted by molar-refractivity contribution is 0.453. The maximum absolute atomic E-state index is 3.57. The monoisotopic (exact) mass is 154 g/mol. The van der Waals surface area contributed by atoms with Crippen molar-refractivity contribution < 1.29 is 0 Å². The molecule has 0 amide bonds. The molecule has 1 aliphatic heterocycles. The minimum Gasteiger partial charge on any atom is -0.313 e. The van der Waals surface area contributed by atoms with Gasteiger partial charge in [-0.1, -0.05) is 0 Å². The van der Waals surface area contributed by atoms with Gasteiger partial charge < -0.3 is 5.32 Å². The number of nitrogens with one attached hydrogen (secondary N) is 1. The molecule has 1 saturated heterocycles. The lowest BCUT2D eigenvalue weighted by Crippen LogP contribution is -2.32. The van der Waals surface area contributed by atoms with Crippen molar-refractivity contribution >= 4 is 0 Å². The number of nitrogens with zero attached hydrogens (tertiary/aromatic N) is 1. The number of rotatable bonds is 5. The molecule has 1 N–H and O–H groups in total. The maximum Gasteiger partial charge on any atom is 0.0110 e. The van der Waals surface area contributed by atoms with E-state index in [0.717, 1.165) is 12.0 Å². The first-order valence-electron chi connectivity index (χ1n) is 4.82. The molecule has 2 fully saturated rings. The molecule has 0 bridgehead atoms. The molecular weight excluding hydrogens is 136 g/mol. The summed E-state index contributed by atoms with van der Waals surface area (Å²) in [6.07, 6.45) is 2.91. The van der Waals surface area contributed by atoms with E-state index in [2.05, 4.69) is 17.1 Å². The van der Waals surface area contributed by atoms with Crippen molar-refractivity contribution in [2.45, 2.75) is 25.8 Å². The van der Waals surface area contributed by atoms with Gasteiger partial charge >= 0.3 is 0 Å². The van der Waals surface area contributed by atoms with Gasteiger partial charge in [0.1, 0.15) is 0 Å². The molecule has 11 heavy (non-hydrogen) atoms. The van der Waals surface area contributed by atoms with E-state index in [-0.39, 0.29) is 0 Å². The molecule has 1 atom stereocenters. The van der Waals surface area contributed by atoms with Crippen molar-refractivity contribution in [1.82, 2.24) is 10.2 Å². The van der Waals surface area contributed by atoms with Crippen molar-refractivity contribution in [3.05, 3.63) is 0 Å². The van der Waals surface area contributed by atoms with Crippen molar-refractivity contribution in [2.75, 3.05) is 26.2 Å². The quantitative estimate of drug-likeness (QED) is 0.586. The minimum absolute atomic E-state index is 0.773. The van der Waals surface area contributed by atoms with Gasteiger partial charge in [-0.15, -0.1) is 0 Å². The Balaban J connectivity index is 1.50. The lowest BCUT2D eigenvalue weighted by Gasteiger charge is -2.12.